The van der Waals surface area contributed by atoms with Crippen molar-refractivity contribution in [1.29, 1.82) is 0 Å². The maximum absolute atomic E-state index is 9.52. The lowest BCUT2D eigenvalue weighted by Crippen LogP contribution is -2.55. The van der Waals surface area contributed by atoms with E-state index in [1.807, 2.05) is 0 Å². The zero-order valence-corrected chi connectivity index (χ0v) is 11.6. The molecule has 3 N–H and O–H groups in total. The second-order valence-electron chi connectivity index (χ2n) is 4.36. The van der Waals surface area contributed by atoms with Crippen molar-refractivity contribution < 1.29 is 14.6 Å². The van der Waals surface area contributed by atoms with Crippen LogP contribution in [0.15, 0.2) is 0 Å². The van der Waals surface area contributed by atoms with E-state index in [0.717, 1.165) is 13.0 Å². The molecule has 5 heteroatoms. The lowest BCUT2D eigenvalue weighted by atomic mass is 10.1. The monoisotopic (exact) mass is 248 g/mol. The topological polar surface area (TPSA) is 68.0 Å². The van der Waals surface area contributed by atoms with E-state index in [4.69, 9.17) is 15.2 Å². The molecule has 0 aromatic rings. The molecule has 3 unspecified atom stereocenters. The summed E-state index contributed by atoms with van der Waals surface area (Å²) < 4.78 is 10.2. The molecular formula is C12H28N2O3. The van der Waals surface area contributed by atoms with Crippen LogP contribution >= 0.6 is 0 Å². The summed E-state index contributed by atoms with van der Waals surface area (Å²) in [6.45, 7) is 6.16. The number of methoxy groups -OCH3 is 2. The first-order valence-corrected chi connectivity index (χ1v) is 6.22. The molecule has 17 heavy (non-hydrogen) atoms. The van der Waals surface area contributed by atoms with E-state index in [0.29, 0.717) is 19.3 Å². The fourth-order valence-electron chi connectivity index (χ4n) is 1.93. The van der Waals surface area contributed by atoms with Gasteiger partial charge >= 0.3 is 0 Å². The van der Waals surface area contributed by atoms with Crippen LogP contribution in [0.25, 0.3) is 0 Å². The molecule has 104 valence electrons. The molecule has 0 fully saturated rings. The van der Waals surface area contributed by atoms with Crippen LogP contribution in [0.5, 0.6) is 0 Å². The predicted octanol–water partition coefficient (Wildman–Crippen LogP) is 0.0679. The molecule has 0 aliphatic heterocycles. The highest BCUT2D eigenvalue weighted by Crippen LogP contribution is 2.11. The Morgan fingerprint density at radius 2 is 1.94 bits per heavy atom. The first-order chi connectivity index (χ1) is 8.12. The molecular weight excluding hydrogens is 220 g/mol. The summed E-state index contributed by atoms with van der Waals surface area (Å²) in [5.41, 5.74) is 6.04. The van der Waals surface area contributed by atoms with Gasteiger partial charge in [0.1, 0.15) is 0 Å². The van der Waals surface area contributed by atoms with E-state index in [-0.39, 0.29) is 18.7 Å². The molecule has 0 aromatic heterocycles. The van der Waals surface area contributed by atoms with Crippen LogP contribution in [0.1, 0.15) is 20.3 Å². The van der Waals surface area contributed by atoms with Gasteiger partial charge in [-0.3, -0.25) is 4.90 Å². The average Bonchev–Trinajstić information content (AvgIpc) is 2.33. The highest BCUT2D eigenvalue weighted by molar-refractivity contribution is 4.84. The first-order valence-electron chi connectivity index (χ1n) is 6.22. The third kappa shape index (κ3) is 5.79. The van der Waals surface area contributed by atoms with Gasteiger partial charge in [0, 0.05) is 32.8 Å². The number of hydrogen-bond donors (Lipinski definition) is 2. The molecule has 0 radical (unpaired) electrons. The van der Waals surface area contributed by atoms with Crippen LogP contribution in [-0.2, 0) is 9.47 Å². The van der Waals surface area contributed by atoms with Crippen molar-refractivity contribution in [1.82, 2.24) is 4.90 Å². The van der Waals surface area contributed by atoms with Crippen molar-refractivity contribution >= 4 is 0 Å². The number of rotatable bonds is 10. The van der Waals surface area contributed by atoms with Gasteiger partial charge in [0.05, 0.1) is 25.9 Å². The minimum Gasteiger partial charge on any atom is -0.395 e. The van der Waals surface area contributed by atoms with E-state index in [1.165, 1.54) is 0 Å². The predicted molar refractivity (Wildman–Crippen MR) is 69.1 cm³/mol. The Balaban J connectivity index is 4.58. The van der Waals surface area contributed by atoms with Gasteiger partial charge in [0.15, 0.2) is 0 Å². The number of hydrogen-bond acceptors (Lipinski definition) is 5. The molecule has 0 saturated heterocycles. The second-order valence-corrected chi connectivity index (χ2v) is 4.36. The van der Waals surface area contributed by atoms with Crippen LogP contribution in [0.2, 0.25) is 0 Å². The molecule has 0 aliphatic carbocycles. The molecule has 0 spiro atoms. The zero-order chi connectivity index (χ0) is 13.3. The van der Waals surface area contributed by atoms with Gasteiger partial charge in [-0.25, -0.2) is 0 Å². The molecule has 0 aromatic carbocycles. The Morgan fingerprint density at radius 1 is 1.29 bits per heavy atom. The average molecular weight is 248 g/mol. The minimum absolute atomic E-state index is 0.0403. The molecule has 5 nitrogen and oxygen atoms in total. The molecule has 0 saturated carbocycles. The Bertz CT molecular complexity index is 181. The van der Waals surface area contributed by atoms with Gasteiger partial charge in [-0.15, -0.1) is 0 Å². The largest absolute Gasteiger partial charge is 0.395 e. The maximum Gasteiger partial charge on any atom is 0.0629 e. The van der Waals surface area contributed by atoms with E-state index < -0.39 is 0 Å². The van der Waals surface area contributed by atoms with Gasteiger partial charge < -0.3 is 20.3 Å². The van der Waals surface area contributed by atoms with Gasteiger partial charge in [-0.1, -0.05) is 6.92 Å². The lowest BCUT2D eigenvalue weighted by Gasteiger charge is -2.38. The first kappa shape index (κ1) is 16.8. The summed E-state index contributed by atoms with van der Waals surface area (Å²) in [4.78, 5) is 2.20. The Kier molecular flexibility index (Phi) is 9.68. The van der Waals surface area contributed by atoms with Crippen molar-refractivity contribution in [3.05, 3.63) is 0 Å². The summed E-state index contributed by atoms with van der Waals surface area (Å²) in [5.74, 6) is 0. The van der Waals surface area contributed by atoms with Crippen molar-refractivity contribution in [2.45, 2.75) is 38.4 Å². The quantitative estimate of drug-likeness (QED) is 0.572. The fourth-order valence-corrected chi connectivity index (χ4v) is 1.93. The van der Waals surface area contributed by atoms with Gasteiger partial charge in [-0.2, -0.15) is 0 Å². The smallest absolute Gasteiger partial charge is 0.0629 e. The van der Waals surface area contributed by atoms with Crippen LogP contribution in [0.3, 0.4) is 0 Å². The Labute approximate surface area is 105 Å². The van der Waals surface area contributed by atoms with Crippen LogP contribution < -0.4 is 5.73 Å². The number of nitrogens with two attached hydrogens (primary N) is 1. The van der Waals surface area contributed by atoms with E-state index >= 15 is 0 Å². The fraction of sp³-hybridized carbons (Fsp3) is 1.00. The number of aliphatic hydroxyl groups is 1. The van der Waals surface area contributed by atoms with E-state index in [2.05, 4.69) is 18.7 Å². The number of nitrogens with zero attached hydrogens (tertiary/aromatic N) is 1. The highest BCUT2D eigenvalue weighted by Gasteiger charge is 2.27. The summed E-state index contributed by atoms with van der Waals surface area (Å²) in [6, 6.07) is 0.0983. The molecule has 0 aliphatic rings. The van der Waals surface area contributed by atoms with Gasteiger partial charge in [0.2, 0.25) is 0 Å². The summed E-state index contributed by atoms with van der Waals surface area (Å²) in [5, 5.41) is 9.52. The summed E-state index contributed by atoms with van der Waals surface area (Å²) in [7, 11) is 3.30. The molecule has 0 bridgehead atoms. The second kappa shape index (κ2) is 9.79. The van der Waals surface area contributed by atoms with E-state index in [9.17, 15) is 5.11 Å². The number of ether oxygens (including phenoxy) is 2. The molecule has 0 amide bonds. The van der Waals surface area contributed by atoms with Crippen molar-refractivity contribution in [3.8, 4) is 0 Å². The van der Waals surface area contributed by atoms with Crippen molar-refractivity contribution in [2.75, 3.05) is 40.6 Å². The molecule has 0 rings (SSSR count). The van der Waals surface area contributed by atoms with Crippen LogP contribution in [-0.4, -0.2) is 68.7 Å². The van der Waals surface area contributed by atoms with Crippen LogP contribution in [0, 0.1) is 0 Å². The normalized spacial score (nSPS) is 17.1. The third-order valence-corrected chi connectivity index (χ3v) is 3.18. The summed E-state index contributed by atoms with van der Waals surface area (Å²) >= 11 is 0. The standard InChI is InChI=1S/C12H28N2O3/c1-5-10(2)14(6-7-16-3)12(8-15)11(13)9-17-4/h10-12,15H,5-9,13H2,1-4H3. The third-order valence-electron chi connectivity index (χ3n) is 3.18. The Hall–Kier alpha value is -0.200. The minimum atomic E-state index is -0.184. The summed E-state index contributed by atoms with van der Waals surface area (Å²) in [6.07, 6.45) is 1.01. The molecule has 0 heterocycles. The molecule has 3 atom stereocenters. The SMILES string of the molecule is CCC(C)N(CCOC)C(CO)C(N)COC. The van der Waals surface area contributed by atoms with Gasteiger partial charge in [0.25, 0.3) is 0 Å². The zero-order valence-electron chi connectivity index (χ0n) is 11.6. The van der Waals surface area contributed by atoms with Crippen molar-refractivity contribution in [3.63, 3.8) is 0 Å². The van der Waals surface area contributed by atoms with Gasteiger partial charge in [-0.05, 0) is 13.3 Å². The van der Waals surface area contributed by atoms with Crippen molar-refractivity contribution in [2.24, 2.45) is 5.73 Å². The lowest BCUT2D eigenvalue weighted by molar-refractivity contribution is 0.0291. The maximum atomic E-state index is 9.52. The van der Waals surface area contributed by atoms with Crippen LogP contribution in [0.4, 0.5) is 0 Å². The highest BCUT2D eigenvalue weighted by atomic mass is 16.5. The Morgan fingerprint density at radius 3 is 2.35 bits per heavy atom. The van der Waals surface area contributed by atoms with E-state index in [1.54, 1.807) is 14.2 Å². The number of aliphatic hydroxyl groups excluding tert-OH is 1.